The number of pyridine rings is 1. The highest BCUT2D eigenvalue weighted by Gasteiger charge is 2.19. The molecule has 1 atom stereocenters. The van der Waals surface area contributed by atoms with E-state index in [-0.39, 0.29) is 5.91 Å². The van der Waals surface area contributed by atoms with E-state index in [9.17, 15) is 9.59 Å². The zero-order chi connectivity index (χ0) is 16.7. The minimum absolute atomic E-state index is 0.324. The fraction of sp³-hybridized carbons (Fsp3) is 0.286. The minimum Gasteiger partial charge on any atom is -0.352 e. The number of anilines is 1. The van der Waals surface area contributed by atoms with Crippen LogP contribution < -0.4 is 16.4 Å². The van der Waals surface area contributed by atoms with Crippen molar-refractivity contribution < 1.29 is 9.59 Å². The van der Waals surface area contributed by atoms with Crippen molar-refractivity contribution in [3.63, 3.8) is 0 Å². The third-order valence-electron chi connectivity index (χ3n) is 3.03. The summed E-state index contributed by atoms with van der Waals surface area (Å²) in [5.74, 6) is 1.10. The van der Waals surface area contributed by atoms with E-state index >= 15 is 0 Å². The van der Waals surface area contributed by atoms with Gasteiger partial charge in [-0.1, -0.05) is 0 Å². The lowest BCUT2D eigenvalue weighted by atomic mass is 10.2. The molecule has 23 heavy (non-hydrogen) atoms. The lowest BCUT2D eigenvalue weighted by molar-refractivity contribution is -0.117. The molecule has 0 radical (unpaired) electrons. The number of nitrogens with two attached hydrogens (primary N) is 1. The highest BCUT2D eigenvalue weighted by atomic mass is 32.2. The number of nitrogens with zero attached hydrogens (tertiary/aromatic N) is 3. The maximum absolute atomic E-state index is 12.2. The van der Waals surface area contributed by atoms with Gasteiger partial charge in [-0.2, -0.15) is 11.8 Å². The molecule has 122 valence electrons. The van der Waals surface area contributed by atoms with Crippen LogP contribution in [0, 0.1) is 0 Å². The Morgan fingerprint density at radius 3 is 2.83 bits per heavy atom. The van der Waals surface area contributed by atoms with Crippen molar-refractivity contribution in [3.05, 3.63) is 37.1 Å². The maximum atomic E-state index is 12.2. The molecule has 0 spiro atoms. The first kappa shape index (κ1) is 16.8. The van der Waals surface area contributed by atoms with Crippen molar-refractivity contribution in [1.82, 2.24) is 19.9 Å². The molecule has 0 saturated heterocycles. The van der Waals surface area contributed by atoms with E-state index in [1.807, 2.05) is 6.26 Å². The average molecular weight is 334 g/mol. The van der Waals surface area contributed by atoms with Gasteiger partial charge in [-0.05, 0) is 30.6 Å². The Bertz CT molecular complexity index is 644. The van der Waals surface area contributed by atoms with Crippen LogP contribution in [-0.2, 0) is 4.79 Å². The molecule has 0 saturated carbocycles. The Morgan fingerprint density at radius 2 is 2.26 bits per heavy atom. The van der Waals surface area contributed by atoms with Gasteiger partial charge in [0.1, 0.15) is 18.2 Å². The standard InChI is InChI=1S/C14H18N6O2S/c1-23-7-4-11(19-14(15)22)13(21)18-10-2-3-12(17-8-10)20-6-5-16-9-20/h2-3,5-6,8-9,11H,4,7H2,1H3,(H,18,21)(H3,15,19,22). The molecule has 8 nitrogen and oxygen atoms in total. The van der Waals surface area contributed by atoms with E-state index in [1.165, 1.54) is 0 Å². The van der Waals surface area contributed by atoms with Gasteiger partial charge in [0.15, 0.2) is 0 Å². The highest BCUT2D eigenvalue weighted by molar-refractivity contribution is 7.98. The molecular weight excluding hydrogens is 316 g/mol. The van der Waals surface area contributed by atoms with Crippen molar-refractivity contribution >= 4 is 29.4 Å². The third kappa shape index (κ3) is 4.99. The molecule has 2 aromatic heterocycles. The first-order valence-corrected chi connectivity index (χ1v) is 8.29. The van der Waals surface area contributed by atoms with Gasteiger partial charge in [0, 0.05) is 12.4 Å². The second-order valence-corrected chi connectivity index (χ2v) is 5.69. The van der Waals surface area contributed by atoms with Crippen molar-refractivity contribution in [1.29, 1.82) is 0 Å². The zero-order valence-corrected chi connectivity index (χ0v) is 13.4. The maximum Gasteiger partial charge on any atom is 0.312 e. The second kappa shape index (κ2) is 8.18. The summed E-state index contributed by atoms with van der Waals surface area (Å²) in [4.78, 5) is 31.4. The van der Waals surface area contributed by atoms with Crippen molar-refractivity contribution in [3.8, 4) is 5.82 Å². The molecule has 0 aliphatic heterocycles. The number of rotatable bonds is 7. The zero-order valence-electron chi connectivity index (χ0n) is 12.6. The first-order chi connectivity index (χ1) is 11.1. The minimum atomic E-state index is -0.722. The summed E-state index contributed by atoms with van der Waals surface area (Å²) < 4.78 is 1.75. The van der Waals surface area contributed by atoms with Crippen LogP contribution in [0.15, 0.2) is 37.1 Å². The predicted octanol–water partition coefficient (Wildman–Crippen LogP) is 0.996. The summed E-state index contributed by atoms with van der Waals surface area (Å²) in [5.41, 5.74) is 5.65. The van der Waals surface area contributed by atoms with Crippen molar-refractivity contribution in [2.24, 2.45) is 5.73 Å². The SMILES string of the molecule is CSCCC(NC(N)=O)C(=O)Nc1ccc(-n2ccnc2)nc1. The molecule has 3 amide bonds. The van der Waals surface area contributed by atoms with Crippen LogP contribution >= 0.6 is 11.8 Å². The van der Waals surface area contributed by atoms with E-state index in [0.717, 1.165) is 5.75 Å². The highest BCUT2D eigenvalue weighted by Crippen LogP contribution is 2.11. The fourth-order valence-electron chi connectivity index (χ4n) is 1.91. The van der Waals surface area contributed by atoms with Gasteiger partial charge in [0.2, 0.25) is 5.91 Å². The normalized spacial score (nSPS) is 11.7. The van der Waals surface area contributed by atoms with Crippen molar-refractivity contribution in [2.45, 2.75) is 12.5 Å². The monoisotopic (exact) mass is 334 g/mol. The van der Waals surface area contributed by atoms with Crippen LogP contribution in [0.25, 0.3) is 5.82 Å². The molecule has 9 heteroatoms. The predicted molar refractivity (Wildman–Crippen MR) is 89.5 cm³/mol. The number of urea groups is 1. The Kier molecular flexibility index (Phi) is 5.98. The van der Waals surface area contributed by atoms with Gasteiger partial charge in [-0.25, -0.2) is 14.8 Å². The van der Waals surface area contributed by atoms with E-state index in [2.05, 4.69) is 20.6 Å². The number of aromatic nitrogens is 3. The molecule has 0 aliphatic rings. The topological polar surface area (TPSA) is 115 Å². The second-order valence-electron chi connectivity index (χ2n) is 4.71. The van der Waals surface area contributed by atoms with E-state index in [0.29, 0.717) is 17.9 Å². The van der Waals surface area contributed by atoms with Gasteiger partial charge in [0.25, 0.3) is 0 Å². The van der Waals surface area contributed by atoms with Crippen molar-refractivity contribution in [2.75, 3.05) is 17.3 Å². The van der Waals surface area contributed by atoms with Crippen LogP contribution in [0.3, 0.4) is 0 Å². The molecule has 0 aliphatic carbocycles. The van der Waals surface area contributed by atoms with Crippen LogP contribution in [0.1, 0.15) is 6.42 Å². The summed E-state index contributed by atoms with van der Waals surface area (Å²) >= 11 is 1.59. The number of primary amides is 1. The quantitative estimate of drug-likeness (QED) is 0.698. The number of imidazole rings is 1. The number of nitrogens with one attached hydrogen (secondary N) is 2. The summed E-state index contributed by atoms with van der Waals surface area (Å²) in [6, 6.07) is 2.10. The Balaban J connectivity index is 2.01. The van der Waals surface area contributed by atoms with Crippen LogP contribution in [0.5, 0.6) is 0 Å². The molecule has 0 bridgehead atoms. The number of carbonyl (C=O) groups excluding carboxylic acids is 2. The summed E-state index contributed by atoms with van der Waals surface area (Å²) in [6.07, 6.45) is 9.03. The van der Waals surface area contributed by atoms with Gasteiger partial charge in [0.05, 0.1) is 11.9 Å². The van der Waals surface area contributed by atoms with Gasteiger partial charge >= 0.3 is 6.03 Å². The van der Waals surface area contributed by atoms with Gasteiger partial charge < -0.3 is 16.4 Å². The van der Waals surface area contributed by atoms with Crippen LogP contribution in [0.2, 0.25) is 0 Å². The molecule has 4 N–H and O–H groups in total. The number of thioether (sulfide) groups is 1. The lowest BCUT2D eigenvalue weighted by Gasteiger charge is -2.16. The van der Waals surface area contributed by atoms with E-state index in [1.54, 1.807) is 53.4 Å². The molecule has 2 aromatic rings. The van der Waals surface area contributed by atoms with Gasteiger partial charge in [-0.15, -0.1) is 0 Å². The molecule has 0 fully saturated rings. The molecule has 0 aromatic carbocycles. The smallest absolute Gasteiger partial charge is 0.312 e. The summed E-state index contributed by atoms with van der Waals surface area (Å²) in [6.45, 7) is 0. The third-order valence-corrected chi connectivity index (χ3v) is 3.67. The molecule has 1 unspecified atom stereocenters. The first-order valence-electron chi connectivity index (χ1n) is 6.90. The number of amides is 3. The number of hydrogen-bond donors (Lipinski definition) is 3. The largest absolute Gasteiger partial charge is 0.352 e. The Labute approximate surface area is 137 Å². The molecular formula is C14H18N6O2S. The van der Waals surface area contributed by atoms with Gasteiger partial charge in [-0.3, -0.25) is 9.36 Å². The van der Waals surface area contributed by atoms with Crippen LogP contribution in [-0.4, -0.2) is 44.5 Å². The summed E-state index contributed by atoms with van der Waals surface area (Å²) in [7, 11) is 0. The average Bonchev–Trinajstić information content (AvgIpc) is 3.06. The fourth-order valence-corrected chi connectivity index (χ4v) is 2.38. The van der Waals surface area contributed by atoms with E-state index in [4.69, 9.17) is 5.73 Å². The number of carbonyl (C=O) groups is 2. The van der Waals surface area contributed by atoms with E-state index < -0.39 is 12.1 Å². The lowest BCUT2D eigenvalue weighted by Crippen LogP contribution is -2.46. The Morgan fingerprint density at radius 1 is 1.43 bits per heavy atom. The molecule has 2 heterocycles. The summed E-state index contributed by atoms with van der Waals surface area (Å²) in [5, 5.41) is 5.17. The molecule has 2 rings (SSSR count). The Hall–Kier alpha value is -2.55. The van der Waals surface area contributed by atoms with Crippen LogP contribution in [0.4, 0.5) is 10.5 Å². The number of hydrogen-bond acceptors (Lipinski definition) is 5.